The van der Waals surface area contributed by atoms with Crippen LogP contribution in [0.1, 0.15) is 30.5 Å². The SMILES string of the molecule is CC1(C)c2ccccc2-c2ccc(-n3c4ccccc4c4cc(-c5ccc6c(c5)c5ccccc5n6-c5ccccc5)ccc43)cc21.N#Cc1ccc(-n2c3ccccc3c3cc(-c4ccc5c(c4)c4ccccc4n5-c4cccc5c4sc4ccccc45)ccc32)cc1. The number of nitrogens with zero attached hydrogens (tertiary/aromatic N) is 5. The Balaban J connectivity index is 0.000000133. The Labute approximate surface area is 546 Å². The molecule has 440 valence electrons. The summed E-state index contributed by atoms with van der Waals surface area (Å²) in [5.74, 6) is 0. The maximum Gasteiger partial charge on any atom is 0.0991 e. The van der Waals surface area contributed by atoms with Crippen LogP contribution in [0.3, 0.4) is 0 Å². The lowest BCUT2D eigenvalue weighted by Gasteiger charge is -2.22. The number of aromatic nitrogens is 4. The maximum absolute atomic E-state index is 9.34. The molecule has 94 heavy (non-hydrogen) atoms. The van der Waals surface area contributed by atoms with Gasteiger partial charge in [-0.3, -0.25) is 0 Å². The Kier molecular flexibility index (Phi) is 11.9. The molecule has 0 N–H and O–H groups in total. The molecule has 6 heteroatoms. The number of thiophene rings is 1. The van der Waals surface area contributed by atoms with Crippen molar-refractivity contribution < 1.29 is 0 Å². The molecule has 0 atom stereocenters. The Hall–Kier alpha value is -12.0. The van der Waals surface area contributed by atoms with E-state index in [1.165, 1.54) is 158 Å². The summed E-state index contributed by atoms with van der Waals surface area (Å²) in [5, 5.41) is 22.0. The summed E-state index contributed by atoms with van der Waals surface area (Å²) in [5.41, 5.74) is 25.2. The number of nitriles is 1. The first kappa shape index (κ1) is 53.8. The molecule has 0 saturated carbocycles. The van der Waals surface area contributed by atoms with E-state index in [1.807, 2.05) is 35.6 Å². The normalized spacial score (nSPS) is 12.6. The highest BCUT2D eigenvalue weighted by molar-refractivity contribution is 7.26. The van der Waals surface area contributed by atoms with E-state index >= 15 is 0 Å². The number of hydrogen-bond donors (Lipinski definition) is 0. The molecule has 14 aromatic carbocycles. The zero-order chi connectivity index (χ0) is 62.3. The predicted molar refractivity (Wildman–Crippen MR) is 396 cm³/mol. The van der Waals surface area contributed by atoms with Crippen LogP contribution in [0, 0.1) is 11.3 Å². The van der Waals surface area contributed by atoms with Gasteiger partial charge in [0.2, 0.25) is 0 Å². The van der Waals surface area contributed by atoms with Gasteiger partial charge in [-0.2, -0.15) is 5.26 Å². The van der Waals surface area contributed by atoms with Gasteiger partial charge in [-0.1, -0.05) is 190 Å². The van der Waals surface area contributed by atoms with Crippen molar-refractivity contribution in [1.82, 2.24) is 18.3 Å². The van der Waals surface area contributed by atoms with E-state index in [1.54, 1.807) is 0 Å². The second-order valence-electron chi connectivity index (χ2n) is 25.5. The summed E-state index contributed by atoms with van der Waals surface area (Å²) < 4.78 is 12.2. The van der Waals surface area contributed by atoms with Crippen LogP contribution in [0.2, 0.25) is 0 Å². The van der Waals surface area contributed by atoms with Crippen LogP contribution in [-0.2, 0) is 5.41 Å². The minimum atomic E-state index is -0.0455. The van der Waals surface area contributed by atoms with Crippen molar-refractivity contribution in [3.8, 4) is 62.2 Å². The van der Waals surface area contributed by atoms with Crippen LogP contribution in [0.5, 0.6) is 0 Å². The molecule has 0 bridgehead atoms. The first-order valence-corrected chi connectivity index (χ1v) is 33.0. The van der Waals surface area contributed by atoms with Crippen LogP contribution in [0.25, 0.3) is 164 Å². The van der Waals surface area contributed by atoms with Gasteiger partial charge in [-0.15, -0.1) is 11.3 Å². The summed E-state index contributed by atoms with van der Waals surface area (Å²) >= 11 is 1.87. The molecular weight excluding hydrogens is 1160 g/mol. The molecule has 0 aliphatic heterocycles. The molecule has 0 saturated heterocycles. The van der Waals surface area contributed by atoms with E-state index in [0.717, 1.165) is 16.7 Å². The Morgan fingerprint density at radius 2 is 0.681 bits per heavy atom. The average Bonchev–Trinajstić information content (AvgIpc) is 1.59. The molecule has 0 unspecified atom stereocenters. The van der Waals surface area contributed by atoms with E-state index in [2.05, 4.69) is 323 Å². The van der Waals surface area contributed by atoms with E-state index in [4.69, 9.17) is 0 Å². The topological polar surface area (TPSA) is 43.5 Å². The highest BCUT2D eigenvalue weighted by Gasteiger charge is 2.35. The lowest BCUT2D eigenvalue weighted by molar-refractivity contribution is 0.660. The molecular formula is C88H57N5S. The second-order valence-corrected chi connectivity index (χ2v) is 26.5. The second kappa shape index (κ2) is 20.8. The molecule has 0 amide bonds. The zero-order valence-corrected chi connectivity index (χ0v) is 52.4. The van der Waals surface area contributed by atoms with E-state index in [9.17, 15) is 5.26 Å². The highest BCUT2D eigenvalue weighted by Crippen LogP contribution is 2.50. The molecule has 0 spiro atoms. The molecule has 5 heterocycles. The lowest BCUT2D eigenvalue weighted by atomic mass is 9.82. The van der Waals surface area contributed by atoms with Crippen molar-refractivity contribution in [2.45, 2.75) is 19.3 Å². The summed E-state index contributed by atoms with van der Waals surface area (Å²) in [6.45, 7) is 4.71. The Bertz CT molecular complexity index is 6400. The summed E-state index contributed by atoms with van der Waals surface area (Å²) in [4.78, 5) is 0. The van der Waals surface area contributed by atoms with Crippen molar-refractivity contribution >= 4 is 119 Å². The van der Waals surface area contributed by atoms with E-state index in [0.29, 0.717) is 5.56 Å². The minimum absolute atomic E-state index is 0.0455. The molecule has 0 fully saturated rings. The van der Waals surface area contributed by atoms with Crippen LogP contribution in [0.4, 0.5) is 0 Å². The number of fused-ring (bicyclic) bond motifs is 18. The van der Waals surface area contributed by atoms with Gasteiger partial charge in [0, 0.05) is 81.0 Å². The Morgan fingerprint density at radius 1 is 0.287 bits per heavy atom. The number of benzene rings is 14. The van der Waals surface area contributed by atoms with Gasteiger partial charge in [0.05, 0.1) is 66.2 Å². The van der Waals surface area contributed by atoms with Gasteiger partial charge in [-0.05, 0) is 178 Å². The van der Waals surface area contributed by atoms with E-state index < -0.39 is 0 Å². The van der Waals surface area contributed by atoms with Gasteiger partial charge in [0.25, 0.3) is 0 Å². The van der Waals surface area contributed by atoms with Gasteiger partial charge < -0.3 is 18.3 Å². The Morgan fingerprint density at radius 3 is 1.21 bits per heavy atom. The smallest absolute Gasteiger partial charge is 0.0991 e. The minimum Gasteiger partial charge on any atom is -0.309 e. The number of hydrogen-bond acceptors (Lipinski definition) is 2. The lowest BCUT2D eigenvalue weighted by Crippen LogP contribution is -2.15. The van der Waals surface area contributed by atoms with Gasteiger partial charge in [0.15, 0.2) is 0 Å². The molecule has 20 rings (SSSR count). The van der Waals surface area contributed by atoms with Crippen molar-refractivity contribution in [2.75, 3.05) is 0 Å². The maximum atomic E-state index is 9.34. The zero-order valence-electron chi connectivity index (χ0n) is 51.6. The van der Waals surface area contributed by atoms with Crippen LogP contribution in [-0.4, -0.2) is 18.3 Å². The third-order valence-corrected chi connectivity index (χ3v) is 21.3. The van der Waals surface area contributed by atoms with Crippen LogP contribution in [0.15, 0.2) is 309 Å². The molecule has 19 aromatic rings. The summed E-state index contributed by atoms with van der Waals surface area (Å²) in [7, 11) is 0. The van der Waals surface area contributed by atoms with E-state index in [-0.39, 0.29) is 5.41 Å². The third-order valence-electron chi connectivity index (χ3n) is 20.1. The molecule has 1 aliphatic rings. The summed E-state index contributed by atoms with van der Waals surface area (Å²) in [6, 6.07) is 115. The first-order chi connectivity index (χ1) is 46.3. The molecule has 0 radical (unpaired) electrons. The number of para-hydroxylation sites is 5. The van der Waals surface area contributed by atoms with Gasteiger partial charge in [0.1, 0.15) is 0 Å². The van der Waals surface area contributed by atoms with Crippen molar-refractivity contribution in [1.29, 1.82) is 5.26 Å². The van der Waals surface area contributed by atoms with Gasteiger partial charge in [-0.25, -0.2) is 0 Å². The monoisotopic (exact) mass is 1220 g/mol. The highest BCUT2D eigenvalue weighted by atomic mass is 32.1. The van der Waals surface area contributed by atoms with Crippen LogP contribution >= 0.6 is 11.3 Å². The van der Waals surface area contributed by atoms with Crippen molar-refractivity contribution in [3.05, 3.63) is 326 Å². The largest absolute Gasteiger partial charge is 0.309 e. The fourth-order valence-electron chi connectivity index (χ4n) is 15.7. The molecule has 5 nitrogen and oxygen atoms in total. The molecule has 5 aromatic heterocycles. The number of rotatable bonds is 6. The van der Waals surface area contributed by atoms with Crippen molar-refractivity contribution in [2.24, 2.45) is 0 Å². The first-order valence-electron chi connectivity index (χ1n) is 32.2. The predicted octanol–water partition coefficient (Wildman–Crippen LogP) is 23.6. The average molecular weight is 1220 g/mol. The fraction of sp³-hybridized carbons (Fsp3) is 0.0341. The van der Waals surface area contributed by atoms with Crippen LogP contribution < -0.4 is 0 Å². The van der Waals surface area contributed by atoms with Gasteiger partial charge >= 0.3 is 0 Å². The standard InChI is InChI=1S/C45H32N2.C43H25N3S/c1-45(2)39-17-9-6-14-33(39)34-23-22-32(28-40(34)45)47-42-19-11-8-16-36(42)38-27-30(21-25-44(38)47)29-20-24-43-37(26-29)35-15-7-10-18-41(35)46(43)31-12-4-3-5-13-31;44-26-27-16-20-30(21-17-27)45-37-12-4-1-8-31(37)35-24-28(18-22-39(35)45)29-19-23-40-36(25-29)32-9-2-5-13-38(32)46(40)41-14-7-11-34-33-10-3-6-15-42(33)47-43(34)41/h3-28H,1-2H3;1-25H. The van der Waals surface area contributed by atoms with Crippen molar-refractivity contribution in [3.63, 3.8) is 0 Å². The third kappa shape index (κ3) is 8.05. The summed E-state index contributed by atoms with van der Waals surface area (Å²) in [6.07, 6.45) is 0. The molecule has 1 aliphatic carbocycles. The fourth-order valence-corrected chi connectivity index (χ4v) is 16.9. The quantitative estimate of drug-likeness (QED) is 0.164.